The van der Waals surface area contributed by atoms with E-state index in [2.05, 4.69) is 152 Å². The van der Waals surface area contributed by atoms with Gasteiger partial charge in [-0.2, -0.15) is 0 Å². The molecule has 7 heterocycles. The highest BCUT2D eigenvalue weighted by atomic mass is 35.5. The second-order valence-electron chi connectivity index (χ2n) is 36.6. The lowest BCUT2D eigenvalue weighted by Gasteiger charge is -2.20. The fourth-order valence-corrected chi connectivity index (χ4v) is 19.8. The molecule has 20 nitrogen and oxygen atoms in total. The van der Waals surface area contributed by atoms with Gasteiger partial charge >= 0.3 is 0 Å². The Morgan fingerprint density at radius 2 is 0.799 bits per heavy atom. The summed E-state index contributed by atoms with van der Waals surface area (Å²) in [6.45, 7) is 39.2. The summed E-state index contributed by atoms with van der Waals surface area (Å²) >= 11 is 0. The van der Waals surface area contributed by atoms with E-state index in [1.807, 2.05) is 134 Å². The van der Waals surface area contributed by atoms with Gasteiger partial charge in [0.2, 0.25) is 0 Å². The van der Waals surface area contributed by atoms with Crippen molar-refractivity contribution >= 4 is 191 Å². The predicted molar refractivity (Wildman–Crippen MR) is 559 cm³/mol. The largest absolute Gasteiger partial charge is 0.496 e. The Balaban J connectivity index is 0.000000151. The lowest BCUT2D eigenvalue weighted by Crippen LogP contribution is -2.26. The zero-order valence-electron chi connectivity index (χ0n) is 81.1. The molecule has 1 saturated heterocycles. The molecule has 22 heteroatoms. The lowest BCUT2D eigenvalue weighted by atomic mass is 10.00. The van der Waals surface area contributed by atoms with Crippen LogP contribution in [0, 0.1) is 0 Å². The van der Waals surface area contributed by atoms with Crippen LogP contribution in [-0.2, 0) is 45.7 Å². The number of carbonyl (C=O) groups excluding carboxylic acids is 8. The minimum absolute atomic E-state index is 0. The van der Waals surface area contributed by atoms with Gasteiger partial charge in [0.25, 0.3) is 0 Å². The van der Waals surface area contributed by atoms with Crippen LogP contribution in [0.15, 0.2) is 177 Å². The molecule has 5 aromatic heterocycles. The van der Waals surface area contributed by atoms with Crippen LogP contribution in [0.1, 0.15) is 233 Å². The first kappa shape index (κ1) is 101. The fourth-order valence-electron chi connectivity index (χ4n) is 19.8. The van der Waals surface area contributed by atoms with Crippen molar-refractivity contribution < 1.29 is 43.1 Å². The molecule has 3 aliphatic rings. The van der Waals surface area contributed by atoms with E-state index in [0.717, 1.165) is 198 Å². The molecular formula is C112H131Cl2N11O9. The van der Waals surface area contributed by atoms with Crippen LogP contribution >= 0.6 is 24.8 Å². The minimum atomic E-state index is 0. The summed E-state index contributed by atoms with van der Waals surface area (Å²) in [5, 5.41) is 21.1. The fraction of sp³-hybridized carbons (Fsp3) is 0.357. The third-order valence-electron chi connectivity index (χ3n) is 26.9. The molecule has 18 rings (SSSR count). The van der Waals surface area contributed by atoms with E-state index < -0.39 is 0 Å². The van der Waals surface area contributed by atoms with Crippen LogP contribution in [0.25, 0.3) is 120 Å². The Labute approximate surface area is 799 Å². The molecule has 3 N–H and O–H groups in total. The van der Waals surface area contributed by atoms with Crippen LogP contribution in [0.2, 0.25) is 0 Å². The lowest BCUT2D eigenvalue weighted by molar-refractivity contribution is 0.100. The number of Topliss-reactive ketones (excluding diaryl/α,β-unsaturated/α-hetero) is 8. The van der Waals surface area contributed by atoms with Gasteiger partial charge < -0.3 is 58.2 Å². The summed E-state index contributed by atoms with van der Waals surface area (Å²) in [6.07, 6.45) is 9.98. The van der Waals surface area contributed by atoms with Gasteiger partial charge in [0.1, 0.15) is 5.75 Å². The van der Waals surface area contributed by atoms with Crippen molar-refractivity contribution in [3.05, 3.63) is 244 Å². The maximum absolute atomic E-state index is 12.3. The van der Waals surface area contributed by atoms with Gasteiger partial charge in [0.05, 0.1) is 18.2 Å². The Hall–Kier alpha value is -12.0. The minimum Gasteiger partial charge on any atom is -0.496 e. The zero-order valence-corrected chi connectivity index (χ0v) is 82.7. The number of rotatable bonds is 30. The number of hydrogen-bond donors (Lipinski definition) is 3. The third-order valence-corrected chi connectivity index (χ3v) is 26.9. The van der Waals surface area contributed by atoms with E-state index in [1.165, 1.54) is 86.3 Å². The van der Waals surface area contributed by atoms with Gasteiger partial charge in [0, 0.05) is 218 Å². The molecule has 0 bridgehead atoms. The van der Waals surface area contributed by atoms with Crippen molar-refractivity contribution in [2.24, 2.45) is 0 Å². The van der Waals surface area contributed by atoms with Gasteiger partial charge in [-0.15, -0.1) is 24.8 Å². The maximum Gasteiger partial charge on any atom is 0.163 e. The standard InChI is InChI=1S/C25H28N2O.C24H29N3O2.C22H26N2O2.C21H24N2O2.C20H22N2O2.2ClH/c1-16-6-8-21-20(16)9-11-24-25(21)22-15-18(17(2)28)7-10-23(22)27(24)14-12-19-5-4-13-26(19)3;1-15-17-8-9-21-24(20(17)14-26(15)5)19-12-18(16(2)28)23(29-6)13-22(19)27(21)11-7-10-25(3)4;1-14(2)23-10-5-11-24-21-8-6-17(15(3)25)12-19(21)20-13-18(16(4)26)7-9-22(20)24;1-4-22-10-5-11-23-20-8-6-16(14(2)24)12-18(20)19-13-17(15(3)25)7-9-21(19)23;1-13(23)15-5-7-19-17(11-15)18-12-16(14(2)24)6-8-20(18)22(19)10-4-9-21-3;;/h7,9-11,15,19H,1,4-6,8,12-14H2,2-3H3;8-9,12-13H,1,7,10-11,14H2,2-6H3;6-9,12-14,23H,5,10-11H2,1-4H3;6-9,12-13,22H,4-5,10-11H2,1-3H3;5-8,11-12,21H,4,9-10H2,1-3H3;2*1H/t19-;;;;;;/m0....../s1. The molecular weight excluding hydrogens is 1710 g/mol. The molecule has 134 heavy (non-hydrogen) atoms. The number of hydrogen-bond acceptors (Lipinski definition) is 15. The number of fused-ring (bicyclic) bond motifs is 19. The van der Waals surface area contributed by atoms with Crippen molar-refractivity contribution in [1.82, 2.24) is 53.5 Å². The van der Waals surface area contributed by atoms with Crippen molar-refractivity contribution in [3.63, 3.8) is 0 Å². The summed E-state index contributed by atoms with van der Waals surface area (Å²) in [6, 6.07) is 55.5. The van der Waals surface area contributed by atoms with E-state index >= 15 is 0 Å². The molecule has 2 aliphatic heterocycles. The first-order chi connectivity index (χ1) is 63.3. The van der Waals surface area contributed by atoms with Crippen LogP contribution < -0.4 is 20.7 Å². The molecule has 0 saturated carbocycles. The van der Waals surface area contributed by atoms with Gasteiger partial charge in [-0.3, -0.25) is 38.4 Å². The number of aromatic nitrogens is 5. The van der Waals surface area contributed by atoms with Crippen LogP contribution in [0.3, 0.4) is 0 Å². The number of allylic oxidation sites excluding steroid dienone is 1. The second-order valence-corrected chi connectivity index (χ2v) is 36.6. The normalized spacial score (nSPS) is 13.5. The molecule has 0 spiro atoms. The van der Waals surface area contributed by atoms with Crippen LogP contribution in [-0.4, -0.2) is 178 Å². The number of aryl methyl sites for hydroxylation is 6. The van der Waals surface area contributed by atoms with Crippen molar-refractivity contribution in [2.45, 2.75) is 185 Å². The highest BCUT2D eigenvalue weighted by Crippen LogP contribution is 2.45. The highest BCUT2D eigenvalue weighted by Gasteiger charge is 2.29. The monoisotopic (exact) mass is 1840 g/mol. The number of methoxy groups -OCH3 is 1. The molecule has 0 amide bonds. The second kappa shape index (κ2) is 44.0. The average molecular weight is 1850 g/mol. The molecule has 1 aliphatic carbocycles. The molecule has 0 radical (unpaired) electrons. The van der Waals surface area contributed by atoms with Crippen molar-refractivity contribution in [1.29, 1.82) is 0 Å². The third kappa shape index (κ3) is 21.2. The molecule has 10 aromatic carbocycles. The molecule has 702 valence electrons. The summed E-state index contributed by atoms with van der Waals surface area (Å²) in [5.74, 6) is 1.11. The van der Waals surface area contributed by atoms with E-state index in [-0.39, 0.29) is 71.1 Å². The van der Waals surface area contributed by atoms with Crippen LogP contribution in [0.4, 0.5) is 0 Å². The quantitative estimate of drug-likeness (QED) is 0.0282. The first-order valence-corrected chi connectivity index (χ1v) is 46.8. The van der Waals surface area contributed by atoms with Gasteiger partial charge in [-0.25, -0.2) is 0 Å². The summed E-state index contributed by atoms with van der Waals surface area (Å²) < 4.78 is 17.3. The zero-order chi connectivity index (χ0) is 94.4. The summed E-state index contributed by atoms with van der Waals surface area (Å²) in [7, 11) is 12.1. The van der Waals surface area contributed by atoms with Gasteiger partial charge in [-0.05, 0) is 348 Å². The van der Waals surface area contributed by atoms with E-state index in [9.17, 15) is 38.4 Å². The maximum atomic E-state index is 12.3. The van der Waals surface area contributed by atoms with Crippen molar-refractivity contribution in [2.75, 3.05) is 81.6 Å². The summed E-state index contributed by atoms with van der Waals surface area (Å²) in [4.78, 5) is 102. The van der Waals surface area contributed by atoms with Gasteiger partial charge in [-0.1, -0.05) is 46.1 Å². The number of ether oxygens (including phenoxy) is 1. The number of nitrogens with zero attached hydrogens (tertiary/aromatic N) is 8. The Bertz CT molecular complexity index is 6880. The number of benzene rings is 10. The molecule has 1 fully saturated rings. The van der Waals surface area contributed by atoms with E-state index in [1.54, 1.807) is 62.5 Å². The number of carbonyl (C=O) groups is 8. The predicted octanol–water partition coefficient (Wildman–Crippen LogP) is 23.3. The van der Waals surface area contributed by atoms with Crippen molar-refractivity contribution in [3.8, 4) is 5.75 Å². The Morgan fingerprint density at radius 1 is 0.433 bits per heavy atom. The van der Waals surface area contributed by atoms with E-state index in [4.69, 9.17) is 4.74 Å². The Kier molecular flexibility index (Phi) is 33.2. The number of ketones is 8. The number of likely N-dealkylation sites (tertiary alicyclic amines) is 1. The van der Waals surface area contributed by atoms with E-state index in [0.29, 0.717) is 56.8 Å². The molecule has 1 atom stereocenters. The highest BCUT2D eigenvalue weighted by molar-refractivity contribution is 6.19. The van der Waals surface area contributed by atoms with Gasteiger partial charge in [0.15, 0.2) is 46.3 Å². The number of halogens is 2. The molecule has 15 aromatic rings. The topological polar surface area (TPSA) is 216 Å². The SMILES string of the molecule is C=C1CCc2c1ccc1c2c2cc(C(C)=O)ccc2n1CC[C@@H]1CCCN1C.C=C1c2ccc3c(c2CN1C)c1cc(C(C)=O)c(OC)cc1n3CCCN(C)C.CC(=O)c1ccc2c(c1)c1cc(C(C)=O)ccc1n2CCCNC(C)C.CCNCCCn1c2ccc(C(C)=O)cc2c2cc(C(C)=O)ccc21.CNCCCn1c2ccc(C(C)=O)cc2c2cc(C(C)=O)ccc21.Cl.Cl. The number of nitrogens with one attached hydrogen (secondary N) is 3. The molecule has 0 unspecified atom stereocenters. The first-order valence-electron chi connectivity index (χ1n) is 46.8. The van der Waals surface area contributed by atoms with Crippen LogP contribution in [0.5, 0.6) is 5.75 Å². The summed E-state index contributed by atoms with van der Waals surface area (Å²) in [5.41, 5.74) is 24.7. The average Bonchev–Trinajstić information content (AvgIpc) is 1.56. The smallest absolute Gasteiger partial charge is 0.163 e. The Morgan fingerprint density at radius 3 is 1.18 bits per heavy atom.